The van der Waals surface area contributed by atoms with Gasteiger partial charge in [0.15, 0.2) is 22.8 Å². The Morgan fingerprint density at radius 1 is 1.05 bits per heavy atom. The van der Waals surface area contributed by atoms with Gasteiger partial charge in [0.1, 0.15) is 6.33 Å². The van der Waals surface area contributed by atoms with E-state index in [2.05, 4.69) is 48.0 Å². The number of rotatable bonds is 7. The Morgan fingerprint density at radius 2 is 1.84 bits per heavy atom. The predicted molar refractivity (Wildman–Crippen MR) is 144 cm³/mol. The molecule has 2 N–H and O–H groups in total. The van der Waals surface area contributed by atoms with Gasteiger partial charge in [-0.1, -0.05) is 47.2 Å². The fourth-order valence-electron chi connectivity index (χ4n) is 4.61. The highest BCUT2D eigenvalue weighted by atomic mass is 32.2. The number of aromatic nitrogens is 7. The van der Waals surface area contributed by atoms with Gasteiger partial charge in [-0.3, -0.25) is 0 Å². The van der Waals surface area contributed by atoms with Crippen molar-refractivity contribution in [3.8, 4) is 0 Å². The van der Waals surface area contributed by atoms with Crippen molar-refractivity contribution in [3.05, 3.63) is 77.7 Å². The number of nitrogens with zero attached hydrogens (tertiary/aromatic N) is 7. The number of benzene rings is 2. The first-order valence-corrected chi connectivity index (χ1v) is 13.8. The largest absolute Gasteiger partial charge is 0.361 e. The van der Waals surface area contributed by atoms with E-state index in [1.807, 2.05) is 32.9 Å². The van der Waals surface area contributed by atoms with Gasteiger partial charge in [-0.15, -0.1) is 5.10 Å². The first-order chi connectivity index (χ1) is 18.3. The molecule has 0 fully saturated rings. The Morgan fingerprint density at radius 3 is 2.61 bits per heavy atom. The lowest BCUT2D eigenvalue weighted by atomic mass is 10.1. The Labute approximate surface area is 220 Å². The molecule has 38 heavy (non-hydrogen) atoms. The molecule has 0 spiro atoms. The summed E-state index contributed by atoms with van der Waals surface area (Å²) in [4.78, 5) is 13.8. The molecule has 1 atom stereocenters. The van der Waals surface area contributed by atoms with E-state index in [1.54, 1.807) is 35.1 Å². The van der Waals surface area contributed by atoms with Crippen LogP contribution in [0.3, 0.4) is 0 Å². The first-order valence-electron chi connectivity index (χ1n) is 12.4. The standard InChI is InChI=1S/C26H27N9O2S/c1-16(2)34-14-22(32-33-34)29-26-30-24(28-21-13-10-18-6-4-5-7-20(18)21)23-25(31-26)35(15-27-23)38(36,37)19-11-8-17(3)9-12-19/h4-9,11-12,14-16,21H,10,13H2,1-3H3,(H2,28,29,30,31)/t21-/m0/s1. The maximum atomic E-state index is 13.6. The van der Waals surface area contributed by atoms with Crippen molar-refractivity contribution >= 4 is 38.8 Å². The lowest BCUT2D eigenvalue weighted by Gasteiger charge is -2.16. The van der Waals surface area contributed by atoms with Gasteiger partial charge in [0.25, 0.3) is 10.0 Å². The van der Waals surface area contributed by atoms with Gasteiger partial charge in [-0.25, -0.2) is 22.1 Å². The molecule has 12 heteroatoms. The van der Waals surface area contributed by atoms with Crippen molar-refractivity contribution in [1.82, 2.24) is 33.9 Å². The molecule has 0 amide bonds. The summed E-state index contributed by atoms with van der Waals surface area (Å²) in [6, 6.07) is 15.1. The summed E-state index contributed by atoms with van der Waals surface area (Å²) in [6.45, 7) is 5.90. The molecule has 0 aliphatic heterocycles. The summed E-state index contributed by atoms with van der Waals surface area (Å²) in [5.74, 6) is 1.07. The lowest BCUT2D eigenvalue weighted by molar-refractivity contribution is 0.514. The van der Waals surface area contributed by atoms with Crippen molar-refractivity contribution in [2.75, 3.05) is 10.6 Å². The zero-order chi connectivity index (χ0) is 26.4. The number of nitrogens with one attached hydrogen (secondary N) is 2. The number of hydrogen-bond acceptors (Lipinski definition) is 9. The third kappa shape index (κ3) is 4.26. The minimum atomic E-state index is -3.95. The fraction of sp³-hybridized carbons (Fsp3) is 0.269. The van der Waals surface area contributed by atoms with E-state index in [0.29, 0.717) is 17.2 Å². The Hall–Kier alpha value is -4.32. The quantitative estimate of drug-likeness (QED) is 0.315. The van der Waals surface area contributed by atoms with Crippen molar-refractivity contribution in [2.24, 2.45) is 0 Å². The van der Waals surface area contributed by atoms with Crippen LogP contribution >= 0.6 is 0 Å². The third-order valence-corrected chi connectivity index (χ3v) is 8.32. The second-order valence-electron chi connectivity index (χ2n) is 9.66. The SMILES string of the molecule is Cc1ccc(S(=O)(=O)n2cnc3c(N[C@H]4CCc5ccccc54)nc(Nc4cn(C(C)C)nn4)nc32)cc1. The zero-order valence-corrected chi connectivity index (χ0v) is 22.0. The minimum Gasteiger partial charge on any atom is -0.361 e. The second kappa shape index (κ2) is 9.21. The van der Waals surface area contributed by atoms with Crippen molar-refractivity contribution in [3.63, 3.8) is 0 Å². The van der Waals surface area contributed by atoms with Gasteiger partial charge in [0, 0.05) is 6.04 Å². The summed E-state index contributed by atoms with van der Waals surface area (Å²) in [5.41, 5.74) is 3.97. The molecule has 3 aromatic heterocycles. The molecule has 5 aromatic rings. The molecular formula is C26H27N9O2S. The summed E-state index contributed by atoms with van der Waals surface area (Å²) in [6.07, 6.45) is 4.86. The molecule has 2 aromatic carbocycles. The van der Waals surface area contributed by atoms with Gasteiger partial charge in [0.05, 0.1) is 17.1 Å². The maximum absolute atomic E-state index is 13.6. The summed E-state index contributed by atoms with van der Waals surface area (Å²) < 4.78 is 30.0. The van der Waals surface area contributed by atoms with E-state index in [4.69, 9.17) is 0 Å². The van der Waals surface area contributed by atoms with E-state index in [9.17, 15) is 8.42 Å². The first kappa shape index (κ1) is 24.0. The van der Waals surface area contributed by atoms with Crippen LogP contribution in [-0.4, -0.2) is 42.3 Å². The molecule has 0 saturated carbocycles. The fourth-order valence-corrected chi connectivity index (χ4v) is 5.84. The van der Waals surface area contributed by atoms with E-state index in [0.717, 1.165) is 22.4 Å². The molecule has 0 bridgehead atoms. The van der Waals surface area contributed by atoms with Gasteiger partial charge in [0.2, 0.25) is 5.95 Å². The maximum Gasteiger partial charge on any atom is 0.270 e. The third-order valence-electron chi connectivity index (χ3n) is 6.67. The molecule has 1 aliphatic carbocycles. The summed E-state index contributed by atoms with van der Waals surface area (Å²) >= 11 is 0. The number of fused-ring (bicyclic) bond motifs is 2. The average Bonchev–Trinajstić information content (AvgIpc) is 3.64. The number of imidazole rings is 1. The highest BCUT2D eigenvalue weighted by Crippen LogP contribution is 2.35. The minimum absolute atomic E-state index is 0.0119. The summed E-state index contributed by atoms with van der Waals surface area (Å²) in [7, 11) is -3.95. The zero-order valence-electron chi connectivity index (χ0n) is 21.2. The predicted octanol–water partition coefficient (Wildman–Crippen LogP) is 4.39. The van der Waals surface area contributed by atoms with Gasteiger partial charge >= 0.3 is 0 Å². The lowest BCUT2D eigenvalue weighted by Crippen LogP contribution is -2.14. The molecular weight excluding hydrogens is 502 g/mol. The number of hydrogen-bond donors (Lipinski definition) is 2. The number of anilines is 3. The van der Waals surface area contributed by atoms with Crippen LogP contribution in [0.15, 0.2) is 66.0 Å². The van der Waals surface area contributed by atoms with E-state index in [1.165, 1.54) is 17.5 Å². The molecule has 11 nitrogen and oxygen atoms in total. The van der Waals surface area contributed by atoms with Gasteiger partial charge in [-0.2, -0.15) is 9.97 Å². The molecule has 3 heterocycles. The van der Waals surface area contributed by atoms with Crippen LogP contribution in [0.4, 0.5) is 17.6 Å². The van der Waals surface area contributed by atoms with Crippen LogP contribution in [0.25, 0.3) is 11.2 Å². The molecule has 6 rings (SSSR count). The van der Waals surface area contributed by atoms with E-state index in [-0.39, 0.29) is 28.6 Å². The topological polar surface area (TPSA) is 133 Å². The second-order valence-corrected chi connectivity index (χ2v) is 11.5. The number of aryl methyl sites for hydroxylation is 2. The van der Waals surface area contributed by atoms with E-state index < -0.39 is 10.0 Å². The Balaban J connectivity index is 1.45. The normalized spacial score (nSPS) is 15.2. The van der Waals surface area contributed by atoms with Gasteiger partial charge in [-0.05, 0) is 56.9 Å². The molecule has 0 saturated heterocycles. The van der Waals surface area contributed by atoms with Crippen molar-refractivity contribution in [1.29, 1.82) is 0 Å². The van der Waals surface area contributed by atoms with Crippen LogP contribution < -0.4 is 10.6 Å². The highest BCUT2D eigenvalue weighted by Gasteiger charge is 2.27. The monoisotopic (exact) mass is 529 g/mol. The van der Waals surface area contributed by atoms with E-state index >= 15 is 0 Å². The Kier molecular flexibility index (Phi) is 5.83. The summed E-state index contributed by atoms with van der Waals surface area (Å²) in [5, 5.41) is 14.8. The Bertz CT molecular complexity index is 1740. The van der Waals surface area contributed by atoms with Crippen molar-refractivity contribution in [2.45, 2.75) is 50.6 Å². The smallest absolute Gasteiger partial charge is 0.270 e. The van der Waals surface area contributed by atoms with Crippen LogP contribution in [0.5, 0.6) is 0 Å². The van der Waals surface area contributed by atoms with Crippen LogP contribution in [-0.2, 0) is 16.4 Å². The average molecular weight is 530 g/mol. The molecule has 194 valence electrons. The van der Waals surface area contributed by atoms with Crippen LogP contribution in [0, 0.1) is 6.92 Å². The molecule has 0 radical (unpaired) electrons. The van der Waals surface area contributed by atoms with Gasteiger partial charge < -0.3 is 10.6 Å². The van der Waals surface area contributed by atoms with Crippen LogP contribution in [0.2, 0.25) is 0 Å². The molecule has 0 unspecified atom stereocenters. The molecule has 1 aliphatic rings. The van der Waals surface area contributed by atoms with Crippen molar-refractivity contribution < 1.29 is 8.42 Å². The van der Waals surface area contributed by atoms with Crippen LogP contribution in [0.1, 0.15) is 49.0 Å². The highest BCUT2D eigenvalue weighted by molar-refractivity contribution is 7.90.